The van der Waals surface area contributed by atoms with Gasteiger partial charge in [0.15, 0.2) is 0 Å². The standard InChI is InChI=1S/C16H21ClN4S/c1-12-16(22-11-20-12)10-21(8-13-2-4-18-6-13)9-14-3-5-19-7-15(14)17/h3,5,7,11,13,18H,2,4,6,8-10H2,1H3/t13-/m0/s1. The molecule has 3 rings (SSSR count). The lowest BCUT2D eigenvalue weighted by molar-refractivity contribution is 0.222. The Labute approximate surface area is 140 Å². The van der Waals surface area contributed by atoms with Crippen molar-refractivity contribution in [3.05, 3.63) is 45.1 Å². The minimum Gasteiger partial charge on any atom is -0.316 e. The Bertz CT molecular complexity index is 610. The fourth-order valence-electron chi connectivity index (χ4n) is 2.87. The molecule has 0 aliphatic carbocycles. The van der Waals surface area contributed by atoms with Crippen LogP contribution in [0.15, 0.2) is 24.0 Å². The summed E-state index contributed by atoms with van der Waals surface area (Å²) in [5.41, 5.74) is 4.21. The summed E-state index contributed by atoms with van der Waals surface area (Å²) in [6.45, 7) is 7.21. The molecule has 118 valence electrons. The second-order valence-corrected chi connectivity index (χ2v) is 7.20. The summed E-state index contributed by atoms with van der Waals surface area (Å²) in [5.74, 6) is 0.717. The predicted octanol–water partition coefficient (Wildman–Crippen LogP) is 3.11. The number of nitrogens with one attached hydrogen (secondary N) is 1. The van der Waals surface area contributed by atoms with Crippen LogP contribution in [0.4, 0.5) is 0 Å². The van der Waals surface area contributed by atoms with Gasteiger partial charge in [-0.15, -0.1) is 11.3 Å². The zero-order valence-electron chi connectivity index (χ0n) is 12.8. The van der Waals surface area contributed by atoms with Gasteiger partial charge in [-0.1, -0.05) is 11.6 Å². The summed E-state index contributed by atoms with van der Waals surface area (Å²) in [6, 6.07) is 2.02. The Morgan fingerprint density at radius 3 is 3.05 bits per heavy atom. The minimum absolute atomic E-state index is 0.717. The first-order valence-corrected chi connectivity index (χ1v) is 8.88. The van der Waals surface area contributed by atoms with Crippen molar-refractivity contribution >= 4 is 22.9 Å². The molecule has 0 saturated carbocycles. The van der Waals surface area contributed by atoms with Crippen molar-refractivity contribution in [1.29, 1.82) is 0 Å². The van der Waals surface area contributed by atoms with E-state index in [9.17, 15) is 0 Å². The van der Waals surface area contributed by atoms with Gasteiger partial charge in [0.2, 0.25) is 0 Å². The van der Waals surface area contributed by atoms with Gasteiger partial charge < -0.3 is 5.32 Å². The third kappa shape index (κ3) is 4.04. The van der Waals surface area contributed by atoms with Crippen molar-refractivity contribution < 1.29 is 0 Å². The van der Waals surface area contributed by atoms with Crippen LogP contribution < -0.4 is 5.32 Å². The maximum atomic E-state index is 6.29. The number of thiazole rings is 1. The molecule has 1 saturated heterocycles. The number of aryl methyl sites for hydroxylation is 1. The molecule has 0 amide bonds. The first-order chi connectivity index (χ1) is 10.7. The van der Waals surface area contributed by atoms with Gasteiger partial charge in [-0.3, -0.25) is 9.88 Å². The van der Waals surface area contributed by atoms with Gasteiger partial charge in [0, 0.05) is 36.9 Å². The van der Waals surface area contributed by atoms with Crippen molar-refractivity contribution in [3.8, 4) is 0 Å². The number of hydrogen-bond donors (Lipinski definition) is 1. The van der Waals surface area contributed by atoms with Gasteiger partial charge in [-0.05, 0) is 44.0 Å². The van der Waals surface area contributed by atoms with E-state index in [1.54, 1.807) is 17.5 Å². The van der Waals surface area contributed by atoms with E-state index in [1.807, 2.05) is 17.8 Å². The van der Waals surface area contributed by atoms with Crippen molar-refractivity contribution in [1.82, 2.24) is 20.2 Å². The molecule has 6 heteroatoms. The fourth-order valence-corrected chi connectivity index (χ4v) is 3.87. The quantitative estimate of drug-likeness (QED) is 0.880. The average Bonchev–Trinajstić information content (AvgIpc) is 3.14. The zero-order chi connectivity index (χ0) is 15.4. The lowest BCUT2D eigenvalue weighted by atomic mass is 10.1. The van der Waals surface area contributed by atoms with Gasteiger partial charge in [0.25, 0.3) is 0 Å². The van der Waals surface area contributed by atoms with Crippen LogP contribution in [0.25, 0.3) is 0 Å². The molecule has 0 bridgehead atoms. The SMILES string of the molecule is Cc1ncsc1CN(Cc1ccncc1Cl)C[C@H]1CCNC1. The number of nitrogens with zero attached hydrogens (tertiary/aromatic N) is 3. The lowest BCUT2D eigenvalue weighted by Gasteiger charge is -2.25. The Kier molecular flexibility index (Phi) is 5.41. The highest BCUT2D eigenvalue weighted by Crippen LogP contribution is 2.22. The number of pyridine rings is 1. The molecule has 0 unspecified atom stereocenters. The second kappa shape index (κ2) is 7.51. The van der Waals surface area contributed by atoms with Gasteiger partial charge in [-0.2, -0.15) is 0 Å². The number of rotatable bonds is 6. The molecule has 1 aliphatic rings. The normalized spacial score (nSPS) is 18.2. The third-order valence-corrected chi connectivity index (χ3v) is 5.40. The minimum atomic E-state index is 0.717. The lowest BCUT2D eigenvalue weighted by Crippen LogP contribution is -2.30. The fraction of sp³-hybridized carbons (Fsp3) is 0.500. The summed E-state index contributed by atoms with van der Waals surface area (Å²) >= 11 is 8.02. The first-order valence-electron chi connectivity index (χ1n) is 7.63. The summed E-state index contributed by atoms with van der Waals surface area (Å²) in [6.07, 6.45) is 4.79. The first kappa shape index (κ1) is 15.9. The molecule has 0 radical (unpaired) electrons. The molecule has 1 atom stereocenters. The van der Waals surface area contributed by atoms with E-state index in [-0.39, 0.29) is 0 Å². The highest BCUT2D eigenvalue weighted by molar-refractivity contribution is 7.09. The van der Waals surface area contributed by atoms with E-state index < -0.39 is 0 Å². The number of hydrogen-bond acceptors (Lipinski definition) is 5. The van der Waals surface area contributed by atoms with E-state index in [1.165, 1.54) is 11.3 Å². The smallest absolute Gasteiger partial charge is 0.0798 e. The van der Waals surface area contributed by atoms with E-state index >= 15 is 0 Å². The molecule has 22 heavy (non-hydrogen) atoms. The van der Waals surface area contributed by atoms with E-state index in [2.05, 4.69) is 27.1 Å². The molecule has 3 heterocycles. The van der Waals surface area contributed by atoms with Crippen molar-refractivity contribution in [2.24, 2.45) is 5.92 Å². The molecule has 1 fully saturated rings. The maximum Gasteiger partial charge on any atom is 0.0798 e. The summed E-state index contributed by atoms with van der Waals surface area (Å²) in [4.78, 5) is 12.3. The van der Waals surface area contributed by atoms with E-state index in [0.29, 0.717) is 5.92 Å². The van der Waals surface area contributed by atoms with Crippen molar-refractivity contribution in [3.63, 3.8) is 0 Å². The summed E-state index contributed by atoms with van der Waals surface area (Å²) in [7, 11) is 0. The topological polar surface area (TPSA) is 41.1 Å². The average molecular weight is 337 g/mol. The van der Waals surface area contributed by atoms with Crippen LogP contribution >= 0.6 is 22.9 Å². The molecule has 2 aromatic rings. The van der Waals surface area contributed by atoms with Crippen LogP contribution in [0, 0.1) is 12.8 Å². The second-order valence-electron chi connectivity index (χ2n) is 5.86. The van der Waals surface area contributed by atoms with Crippen LogP contribution in [0.3, 0.4) is 0 Å². The van der Waals surface area contributed by atoms with Crippen molar-refractivity contribution in [2.75, 3.05) is 19.6 Å². The Morgan fingerprint density at radius 1 is 1.45 bits per heavy atom. The molecular formula is C16H21ClN4S. The third-order valence-electron chi connectivity index (χ3n) is 4.14. The number of aromatic nitrogens is 2. The Balaban J connectivity index is 1.73. The Hall–Kier alpha value is -1.01. The molecule has 1 N–H and O–H groups in total. The molecule has 2 aromatic heterocycles. The van der Waals surface area contributed by atoms with Crippen LogP contribution in [-0.2, 0) is 13.1 Å². The summed E-state index contributed by atoms with van der Waals surface area (Å²) < 4.78 is 0. The molecule has 0 aromatic carbocycles. The van der Waals surface area contributed by atoms with Gasteiger partial charge in [0.05, 0.1) is 16.2 Å². The van der Waals surface area contributed by atoms with Crippen LogP contribution in [0.1, 0.15) is 22.6 Å². The highest BCUT2D eigenvalue weighted by atomic mass is 35.5. The largest absolute Gasteiger partial charge is 0.316 e. The van der Waals surface area contributed by atoms with Crippen LogP contribution in [0.2, 0.25) is 5.02 Å². The van der Waals surface area contributed by atoms with E-state index in [4.69, 9.17) is 11.6 Å². The highest BCUT2D eigenvalue weighted by Gasteiger charge is 2.20. The zero-order valence-corrected chi connectivity index (χ0v) is 14.3. The van der Waals surface area contributed by atoms with Crippen LogP contribution in [0.5, 0.6) is 0 Å². The molecule has 0 spiro atoms. The van der Waals surface area contributed by atoms with Crippen LogP contribution in [-0.4, -0.2) is 34.5 Å². The van der Waals surface area contributed by atoms with Gasteiger partial charge >= 0.3 is 0 Å². The summed E-state index contributed by atoms with van der Waals surface area (Å²) in [5, 5.41) is 4.20. The Morgan fingerprint density at radius 2 is 2.36 bits per heavy atom. The van der Waals surface area contributed by atoms with E-state index in [0.717, 1.165) is 49.0 Å². The maximum absolute atomic E-state index is 6.29. The monoisotopic (exact) mass is 336 g/mol. The van der Waals surface area contributed by atoms with Crippen molar-refractivity contribution in [2.45, 2.75) is 26.4 Å². The van der Waals surface area contributed by atoms with Gasteiger partial charge in [0.1, 0.15) is 0 Å². The molecular weight excluding hydrogens is 316 g/mol. The predicted molar refractivity (Wildman–Crippen MR) is 91.2 cm³/mol. The molecule has 1 aliphatic heterocycles. The number of halogens is 1. The van der Waals surface area contributed by atoms with Gasteiger partial charge in [-0.25, -0.2) is 4.98 Å². The molecule has 4 nitrogen and oxygen atoms in total.